The van der Waals surface area contributed by atoms with Crippen LogP contribution in [0.3, 0.4) is 0 Å². The first-order chi connectivity index (χ1) is 12.1. The van der Waals surface area contributed by atoms with Crippen molar-refractivity contribution in [2.75, 3.05) is 41.8 Å². The Hall–Kier alpha value is -2.64. The number of nitrogens with two attached hydrogens (primary N) is 1. The van der Waals surface area contributed by atoms with Gasteiger partial charge >= 0.3 is 0 Å². The van der Waals surface area contributed by atoms with Gasteiger partial charge in [0.25, 0.3) is 5.91 Å². The van der Waals surface area contributed by atoms with Gasteiger partial charge < -0.3 is 26.0 Å². The Balaban J connectivity index is 1.83. The minimum atomic E-state index is -0.222. The van der Waals surface area contributed by atoms with Crippen LogP contribution in [-0.4, -0.2) is 37.3 Å². The smallest absolute Gasteiger partial charge is 0.257 e. The topological polar surface area (TPSA) is 79.6 Å². The molecule has 6 nitrogen and oxygen atoms in total. The molecule has 2 aromatic carbocycles. The number of benzene rings is 2. The molecular weight excluding hydrogens is 336 g/mol. The van der Waals surface area contributed by atoms with E-state index in [1.165, 1.54) is 0 Å². The van der Waals surface area contributed by atoms with E-state index in [1.54, 1.807) is 18.2 Å². The van der Waals surface area contributed by atoms with Gasteiger partial charge in [0.2, 0.25) is 0 Å². The molecule has 130 valence electrons. The number of morpholine rings is 1. The summed E-state index contributed by atoms with van der Waals surface area (Å²) < 4.78 is 5.40. The summed E-state index contributed by atoms with van der Waals surface area (Å²) in [5.41, 5.74) is 8.35. The second-order valence-corrected chi connectivity index (χ2v) is 6.05. The first kappa shape index (κ1) is 17.2. The average molecular weight is 356 g/mol. The lowest BCUT2D eigenvalue weighted by Crippen LogP contribution is -2.36. The number of hydrogen-bond acceptors (Lipinski definition) is 4. The standard InChI is InChI=1S/C18H20N4O2S/c19-18(25)21-14-6-2-1-5-13(14)17(23)20-15-7-3-4-8-16(15)22-9-11-24-12-10-22/h1-8H,9-12H2,(H,20,23)(H3,19,21,25). The summed E-state index contributed by atoms with van der Waals surface area (Å²) >= 11 is 4.88. The number of hydrogen-bond donors (Lipinski definition) is 3. The van der Waals surface area contributed by atoms with Crippen LogP contribution in [0.2, 0.25) is 0 Å². The van der Waals surface area contributed by atoms with Gasteiger partial charge in [-0.3, -0.25) is 4.79 Å². The van der Waals surface area contributed by atoms with Gasteiger partial charge in [0.15, 0.2) is 5.11 Å². The number of thiocarbonyl (C=S) groups is 1. The molecule has 0 radical (unpaired) electrons. The van der Waals surface area contributed by atoms with Crippen LogP contribution < -0.4 is 21.3 Å². The summed E-state index contributed by atoms with van der Waals surface area (Å²) in [5.74, 6) is -0.222. The van der Waals surface area contributed by atoms with Gasteiger partial charge in [0, 0.05) is 13.1 Å². The monoisotopic (exact) mass is 356 g/mol. The van der Waals surface area contributed by atoms with E-state index in [1.807, 2.05) is 30.3 Å². The predicted molar refractivity (Wildman–Crippen MR) is 104 cm³/mol. The van der Waals surface area contributed by atoms with Crippen LogP contribution >= 0.6 is 12.2 Å². The number of carbonyl (C=O) groups excluding carboxylic acids is 1. The molecule has 1 heterocycles. The maximum absolute atomic E-state index is 12.8. The highest BCUT2D eigenvalue weighted by Gasteiger charge is 2.17. The van der Waals surface area contributed by atoms with Crippen LogP contribution in [0.25, 0.3) is 0 Å². The lowest BCUT2D eigenvalue weighted by molar-refractivity contribution is 0.102. The van der Waals surface area contributed by atoms with Crippen LogP contribution in [0.4, 0.5) is 17.1 Å². The van der Waals surface area contributed by atoms with E-state index in [2.05, 4.69) is 15.5 Å². The number of para-hydroxylation sites is 3. The molecule has 0 aromatic heterocycles. The fraction of sp³-hybridized carbons (Fsp3) is 0.222. The number of anilines is 3. The minimum absolute atomic E-state index is 0.119. The summed E-state index contributed by atoms with van der Waals surface area (Å²) in [4.78, 5) is 15.0. The van der Waals surface area contributed by atoms with Gasteiger partial charge in [-0.15, -0.1) is 0 Å². The zero-order valence-corrected chi connectivity index (χ0v) is 14.5. The van der Waals surface area contributed by atoms with E-state index in [0.717, 1.165) is 24.5 Å². The Morgan fingerprint density at radius 3 is 2.36 bits per heavy atom. The van der Waals surface area contributed by atoms with Gasteiger partial charge in [0.05, 0.1) is 35.8 Å². The van der Waals surface area contributed by atoms with Crippen molar-refractivity contribution in [2.24, 2.45) is 5.73 Å². The molecule has 0 spiro atoms. The van der Waals surface area contributed by atoms with Crippen molar-refractivity contribution >= 4 is 40.3 Å². The molecule has 0 unspecified atom stereocenters. The number of ether oxygens (including phenoxy) is 1. The van der Waals surface area contributed by atoms with E-state index >= 15 is 0 Å². The molecular formula is C18H20N4O2S. The predicted octanol–water partition coefficient (Wildman–Crippen LogP) is 2.43. The number of amides is 1. The summed E-state index contributed by atoms with van der Waals surface area (Å²) in [6, 6.07) is 14.9. The molecule has 7 heteroatoms. The van der Waals surface area contributed by atoms with Gasteiger partial charge in [-0.25, -0.2) is 0 Å². The van der Waals surface area contributed by atoms with E-state index in [9.17, 15) is 4.79 Å². The number of carbonyl (C=O) groups is 1. The van der Waals surface area contributed by atoms with Crippen molar-refractivity contribution in [3.05, 3.63) is 54.1 Å². The number of nitrogens with zero attached hydrogens (tertiary/aromatic N) is 1. The quantitative estimate of drug-likeness (QED) is 0.730. The maximum Gasteiger partial charge on any atom is 0.257 e. The molecule has 0 saturated carbocycles. The summed E-state index contributed by atoms with van der Waals surface area (Å²) in [7, 11) is 0. The number of nitrogens with one attached hydrogen (secondary N) is 2. The molecule has 4 N–H and O–H groups in total. The second-order valence-electron chi connectivity index (χ2n) is 5.61. The van der Waals surface area contributed by atoms with Crippen molar-refractivity contribution in [3.8, 4) is 0 Å². The Morgan fingerprint density at radius 2 is 1.64 bits per heavy atom. The molecule has 0 aliphatic carbocycles. The lowest BCUT2D eigenvalue weighted by Gasteiger charge is -2.30. The molecule has 0 atom stereocenters. The third kappa shape index (κ3) is 4.26. The fourth-order valence-electron chi connectivity index (χ4n) is 2.77. The van der Waals surface area contributed by atoms with E-state index in [0.29, 0.717) is 24.5 Å². The van der Waals surface area contributed by atoms with Crippen LogP contribution in [0.5, 0.6) is 0 Å². The molecule has 2 aromatic rings. The lowest BCUT2D eigenvalue weighted by atomic mass is 10.1. The zero-order chi connectivity index (χ0) is 17.6. The largest absolute Gasteiger partial charge is 0.378 e. The van der Waals surface area contributed by atoms with Gasteiger partial charge in [-0.1, -0.05) is 24.3 Å². The van der Waals surface area contributed by atoms with Crippen molar-refractivity contribution in [3.63, 3.8) is 0 Å². The highest BCUT2D eigenvalue weighted by molar-refractivity contribution is 7.80. The van der Waals surface area contributed by atoms with Crippen molar-refractivity contribution in [1.82, 2.24) is 0 Å². The van der Waals surface area contributed by atoms with Gasteiger partial charge in [-0.05, 0) is 36.5 Å². The molecule has 3 rings (SSSR count). The molecule has 0 bridgehead atoms. The molecule has 1 aliphatic heterocycles. The van der Waals surface area contributed by atoms with E-state index in [-0.39, 0.29) is 11.0 Å². The number of rotatable bonds is 4. The first-order valence-corrected chi connectivity index (χ1v) is 8.44. The van der Waals surface area contributed by atoms with Crippen LogP contribution in [0.15, 0.2) is 48.5 Å². The molecule has 25 heavy (non-hydrogen) atoms. The van der Waals surface area contributed by atoms with Gasteiger partial charge in [-0.2, -0.15) is 0 Å². The minimum Gasteiger partial charge on any atom is -0.378 e. The van der Waals surface area contributed by atoms with Crippen molar-refractivity contribution in [1.29, 1.82) is 0 Å². The highest BCUT2D eigenvalue weighted by Crippen LogP contribution is 2.27. The third-order valence-electron chi connectivity index (χ3n) is 3.93. The fourth-order valence-corrected chi connectivity index (χ4v) is 2.88. The summed E-state index contributed by atoms with van der Waals surface area (Å²) in [5, 5.41) is 5.95. The third-order valence-corrected chi connectivity index (χ3v) is 4.04. The average Bonchev–Trinajstić information content (AvgIpc) is 2.63. The maximum atomic E-state index is 12.8. The molecule has 1 amide bonds. The Kier molecular flexibility index (Phi) is 5.47. The van der Waals surface area contributed by atoms with E-state index < -0.39 is 0 Å². The van der Waals surface area contributed by atoms with Crippen LogP contribution in [0.1, 0.15) is 10.4 Å². The van der Waals surface area contributed by atoms with Crippen LogP contribution in [0, 0.1) is 0 Å². The molecule has 1 aliphatic rings. The van der Waals surface area contributed by atoms with Gasteiger partial charge in [0.1, 0.15) is 0 Å². The van der Waals surface area contributed by atoms with Crippen molar-refractivity contribution < 1.29 is 9.53 Å². The molecule has 1 saturated heterocycles. The summed E-state index contributed by atoms with van der Waals surface area (Å²) in [6.45, 7) is 2.96. The molecule has 1 fully saturated rings. The SMILES string of the molecule is NC(=S)Nc1ccccc1C(=O)Nc1ccccc1N1CCOCC1. The summed E-state index contributed by atoms with van der Waals surface area (Å²) in [6.07, 6.45) is 0. The normalized spacial score (nSPS) is 14.0. The second kappa shape index (κ2) is 7.96. The zero-order valence-electron chi connectivity index (χ0n) is 13.7. The first-order valence-electron chi connectivity index (χ1n) is 8.04. The van der Waals surface area contributed by atoms with E-state index in [4.69, 9.17) is 22.7 Å². The van der Waals surface area contributed by atoms with Crippen LogP contribution in [-0.2, 0) is 4.74 Å². The Bertz CT molecular complexity index is 775. The Morgan fingerprint density at radius 1 is 1.00 bits per heavy atom. The van der Waals surface area contributed by atoms with Crippen molar-refractivity contribution in [2.45, 2.75) is 0 Å². The highest BCUT2D eigenvalue weighted by atomic mass is 32.1. The Labute approximate surface area is 152 Å².